The maximum absolute atomic E-state index is 11.2. The van der Waals surface area contributed by atoms with Crippen molar-refractivity contribution in [2.24, 2.45) is 5.73 Å². The Morgan fingerprint density at radius 2 is 2.14 bits per heavy atom. The summed E-state index contributed by atoms with van der Waals surface area (Å²) in [6, 6.07) is 5.14. The Morgan fingerprint density at radius 3 is 2.71 bits per heavy atom. The van der Waals surface area contributed by atoms with Gasteiger partial charge in [0.15, 0.2) is 11.5 Å². The third-order valence-electron chi connectivity index (χ3n) is 3.59. The van der Waals surface area contributed by atoms with Gasteiger partial charge in [0, 0.05) is 19.4 Å². The molecule has 0 bridgehead atoms. The second-order valence-electron chi connectivity index (χ2n) is 4.97. The fourth-order valence-electron chi connectivity index (χ4n) is 2.35. The van der Waals surface area contributed by atoms with E-state index in [-0.39, 0.29) is 12.6 Å². The molecule has 1 aliphatic heterocycles. The summed E-state index contributed by atoms with van der Waals surface area (Å²) in [4.78, 5) is 11.2. The van der Waals surface area contributed by atoms with E-state index in [2.05, 4.69) is 0 Å². The first-order chi connectivity index (χ1) is 10.2. The Labute approximate surface area is 123 Å². The number of benzene rings is 1. The van der Waals surface area contributed by atoms with Gasteiger partial charge in [0.2, 0.25) is 0 Å². The number of methoxy groups -OCH3 is 1. The monoisotopic (exact) mass is 295 g/mol. The summed E-state index contributed by atoms with van der Waals surface area (Å²) in [6.07, 6.45) is 1.68. The fourth-order valence-corrected chi connectivity index (χ4v) is 2.35. The lowest BCUT2D eigenvalue weighted by atomic mass is 9.99. The van der Waals surface area contributed by atoms with Crippen molar-refractivity contribution in [1.82, 2.24) is 0 Å². The molecule has 1 fully saturated rings. The summed E-state index contributed by atoms with van der Waals surface area (Å²) in [5, 5.41) is 9.20. The molecule has 1 saturated heterocycles. The van der Waals surface area contributed by atoms with Crippen molar-refractivity contribution in [2.45, 2.75) is 24.9 Å². The molecule has 116 valence electrons. The van der Waals surface area contributed by atoms with Crippen LogP contribution < -0.4 is 15.2 Å². The van der Waals surface area contributed by atoms with Crippen LogP contribution >= 0.6 is 0 Å². The zero-order valence-electron chi connectivity index (χ0n) is 12.1. The zero-order chi connectivity index (χ0) is 15.2. The zero-order valence-corrected chi connectivity index (χ0v) is 12.1. The summed E-state index contributed by atoms with van der Waals surface area (Å²) in [7, 11) is 1.56. The molecule has 0 amide bonds. The maximum atomic E-state index is 11.2. The van der Waals surface area contributed by atoms with Crippen molar-refractivity contribution < 1.29 is 24.1 Å². The number of carboxylic acid groups (broad SMARTS) is 1. The van der Waals surface area contributed by atoms with Crippen molar-refractivity contribution >= 4 is 5.97 Å². The molecule has 1 aromatic carbocycles. The van der Waals surface area contributed by atoms with E-state index in [0.717, 1.165) is 12.8 Å². The highest BCUT2D eigenvalue weighted by Gasteiger charge is 2.22. The highest BCUT2D eigenvalue weighted by Crippen LogP contribution is 2.32. The molecule has 1 aromatic rings. The second-order valence-corrected chi connectivity index (χ2v) is 4.97. The Hall–Kier alpha value is -1.79. The molecular weight excluding hydrogens is 274 g/mol. The first-order valence-electron chi connectivity index (χ1n) is 7.01. The Bertz CT molecular complexity index is 485. The molecule has 3 N–H and O–H groups in total. The summed E-state index contributed by atoms with van der Waals surface area (Å²) < 4.78 is 16.5. The minimum absolute atomic E-state index is 0.0401. The van der Waals surface area contributed by atoms with E-state index >= 15 is 0 Å². The van der Waals surface area contributed by atoms with E-state index in [9.17, 15) is 9.90 Å². The smallest absolute Gasteiger partial charge is 0.312 e. The van der Waals surface area contributed by atoms with Crippen LogP contribution in [0.1, 0.15) is 24.3 Å². The Morgan fingerprint density at radius 1 is 1.43 bits per heavy atom. The molecule has 0 aliphatic carbocycles. The standard InChI is InChI=1S/C15H21NO5/c1-19-13-3-2-10(12(9-16)15(17)18)8-14(13)21-11-4-6-20-7-5-11/h2-3,8,11-12H,4-7,9,16H2,1H3,(H,17,18). The molecule has 1 heterocycles. The van der Waals surface area contributed by atoms with E-state index in [4.69, 9.17) is 19.9 Å². The van der Waals surface area contributed by atoms with E-state index in [1.165, 1.54) is 0 Å². The van der Waals surface area contributed by atoms with Crippen LogP contribution in [0.15, 0.2) is 18.2 Å². The van der Waals surface area contributed by atoms with Gasteiger partial charge in [-0.05, 0) is 17.7 Å². The number of hydrogen-bond donors (Lipinski definition) is 2. The van der Waals surface area contributed by atoms with Crippen LogP contribution in [0, 0.1) is 0 Å². The Balaban J connectivity index is 2.22. The number of hydrogen-bond acceptors (Lipinski definition) is 5. The maximum Gasteiger partial charge on any atom is 0.312 e. The number of aliphatic carboxylic acids is 1. The van der Waals surface area contributed by atoms with E-state index in [0.29, 0.717) is 30.3 Å². The van der Waals surface area contributed by atoms with Crippen molar-refractivity contribution in [1.29, 1.82) is 0 Å². The van der Waals surface area contributed by atoms with Gasteiger partial charge in [-0.3, -0.25) is 4.79 Å². The summed E-state index contributed by atoms with van der Waals surface area (Å²) in [5.41, 5.74) is 6.16. The fraction of sp³-hybridized carbons (Fsp3) is 0.533. The highest BCUT2D eigenvalue weighted by atomic mass is 16.5. The number of ether oxygens (including phenoxy) is 3. The third kappa shape index (κ3) is 3.86. The van der Waals surface area contributed by atoms with Crippen LogP contribution in [0.5, 0.6) is 11.5 Å². The molecular formula is C15H21NO5. The second kappa shape index (κ2) is 7.28. The molecule has 1 atom stereocenters. The lowest BCUT2D eigenvalue weighted by molar-refractivity contribution is -0.138. The summed E-state index contributed by atoms with van der Waals surface area (Å²) in [5.74, 6) is -0.541. The molecule has 2 rings (SSSR count). The van der Waals surface area contributed by atoms with Gasteiger partial charge in [0.1, 0.15) is 6.10 Å². The van der Waals surface area contributed by atoms with Gasteiger partial charge in [-0.25, -0.2) is 0 Å². The van der Waals surface area contributed by atoms with Gasteiger partial charge in [0.05, 0.1) is 26.2 Å². The Kier molecular flexibility index (Phi) is 5.41. The van der Waals surface area contributed by atoms with Crippen LogP contribution in [0.25, 0.3) is 0 Å². The van der Waals surface area contributed by atoms with Crippen molar-refractivity contribution in [3.05, 3.63) is 23.8 Å². The average molecular weight is 295 g/mol. The normalized spacial score (nSPS) is 17.2. The molecule has 0 saturated carbocycles. The topological polar surface area (TPSA) is 91.0 Å². The average Bonchev–Trinajstić information content (AvgIpc) is 2.49. The molecule has 0 aromatic heterocycles. The number of nitrogens with two attached hydrogens (primary N) is 1. The van der Waals surface area contributed by atoms with Gasteiger partial charge in [-0.2, -0.15) is 0 Å². The van der Waals surface area contributed by atoms with Gasteiger partial charge in [-0.1, -0.05) is 6.07 Å². The SMILES string of the molecule is COc1ccc(C(CN)C(=O)O)cc1OC1CCOCC1. The molecule has 6 heteroatoms. The molecule has 0 radical (unpaired) electrons. The number of rotatable bonds is 6. The first kappa shape index (κ1) is 15.6. The van der Waals surface area contributed by atoms with Crippen LogP contribution in [0.4, 0.5) is 0 Å². The summed E-state index contributed by atoms with van der Waals surface area (Å²) >= 11 is 0. The molecule has 21 heavy (non-hydrogen) atoms. The van der Waals surface area contributed by atoms with Crippen LogP contribution in [0.3, 0.4) is 0 Å². The van der Waals surface area contributed by atoms with Crippen LogP contribution in [-0.2, 0) is 9.53 Å². The summed E-state index contributed by atoms with van der Waals surface area (Å²) in [6.45, 7) is 1.39. The molecule has 0 spiro atoms. The van der Waals surface area contributed by atoms with E-state index in [1.54, 1.807) is 25.3 Å². The molecule has 1 aliphatic rings. The first-order valence-corrected chi connectivity index (χ1v) is 7.01. The minimum atomic E-state index is -0.945. The van der Waals surface area contributed by atoms with Gasteiger partial charge in [0.25, 0.3) is 0 Å². The van der Waals surface area contributed by atoms with Crippen molar-refractivity contribution in [3.8, 4) is 11.5 Å². The van der Waals surface area contributed by atoms with E-state index < -0.39 is 11.9 Å². The largest absolute Gasteiger partial charge is 0.493 e. The number of carbonyl (C=O) groups is 1. The quantitative estimate of drug-likeness (QED) is 0.824. The highest BCUT2D eigenvalue weighted by molar-refractivity contribution is 5.76. The van der Waals surface area contributed by atoms with Crippen molar-refractivity contribution in [2.75, 3.05) is 26.9 Å². The van der Waals surface area contributed by atoms with Gasteiger partial charge >= 0.3 is 5.97 Å². The third-order valence-corrected chi connectivity index (χ3v) is 3.59. The molecule has 6 nitrogen and oxygen atoms in total. The van der Waals surface area contributed by atoms with Gasteiger partial charge < -0.3 is 25.1 Å². The molecule has 1 unspecified atom stereocenters. The van der Waals surface area contributed by atoms with Crippen LogP contribution in [-0.4, -0.2) is 44.0 Å². The lowest BCUT2D eigenvalue weighted by Gasteiger charge is -2.24. The van der Waals surface area contributed by atoms with Gasteiger partial charge in [-0.15, -0.1) is 0 Å². The van der Waals surface area contributed by atoms with Crippen LogP contribution in [0.2, 0.25) is 0 Å². The van der Waals surface area contributed by atoms with E-state index in [1.807, 2.05) is 0 Å². The predicted molar refractivity (Wildman–Crippen MR) is 76.9 cm³/mol. The minimum Gasteiger partial charge on any atom is -0.493 e. The van der Waals surface area contributed by atoms with Crippen molar-refractivity contribution in [3.63, 3.8) is 0 Å². The number of carboxylic acids is 1. The predicted octanol–water partition coefficient (Wildman–Crippen LogP) is 1.38. The lowest BCUT2D eigenvalue weighted by Crippen LogP contribution is -2.26.